The van der Waals surface area contributed by atoms with Gasteiger partial charge in [-0.15, -0.1) is 0 Å². The second kappa shape index (κ2) is 5.69. The maximum Gasteiger partial charge on any atom is 0.236 e. The van der Waals surface area contributed by atoms with Crippen LogP contribution in [0.2, 0.25) is 0 Å². The summed E-state index contributed by atoms with van der Waals surface area (Å²) in [5.41, 5.74) is 2.75. The fourth-order valence-electron chi connectivity index (χ4n) is 2.42. The van der Waals surface area contributed by atoms with Gasteiger partial charge in [-0.05, 0) is 50.0 Å². The summed E-state index contributed by atoms with van der Waals surface area (Å²) in [7, 11) is 0. The van der Waals surface area contributed by atoms with Crippen LogP contribution in [0.4, 0.5) is 0 Å². The first-order valence-electron chi connectivity index (χ1n) is 7.03. The van der Waals surface area contributed by atoms with Crippen molar-refractivity contribution in [3.63, 3.8) is 0 Å². The number of rotatable bonds is 2. The molecule has 112 valence electrons. The van der Waals surface area contributed by atoms with Crippen LogP contribution in [-0.2, 0) is 9.59 Å². The first-order chi connectivity index (χ1) is 10.3. The Balaban J connectivity index is 2.45. The molecule has 0 saturated heterocycles. The zero-order chi connectivity index (χ0) is 16.4. The van der Waals surface area contributed by atoms with Crippen LogP contribution in [0.15, 0.2) is 68.7 Å². The minimum atomic E-state index is -0.626. The molecule has 0 aromatic carbocycles. The monoisotopic (exact) mass is 294 g/mol. The van der Waals surface area contributed by atoms with Gasteiger partial charge in [0.05, 0.1) is 0 Å². The molecule has 0 aliphatic heterocycles. The van der Waals surface area contributed by atoms with Crippen molar-refractivity contribution in [3.8, 4) is 0 Å². The Hall–Kier alpha value is -2.54. The topological polar surface area (TPSA) is 58.9 Å². The molecular formula is C18H18N2O2. The van der Waals surface area contributed by atoms with Crippen LogP contribution < -0.4 is 0 Å². The summed E-state index contributed by atoms with van der Waals surface area (Å²) in [5, 5.41) is 0. The van der Waals surface area contributed by atoms with E-state index in [1.165, 1.54) is 0 Å². The van der Waals surface area contributed by atoms with E-state index in [-0.39, 0.29) is 0 Å². The standard InChI is InChI=1S/C18H18N2O2/c1-13-9-15(5-7-17(13,3)19-11-21)16-6-8-18(4,20-12-22)14(2)10-16/h5-10H,1-4H3/b16-15+. The van der Waals surface area contributed by atoms with Gasteiger partial charge in [-0.3, -0.25) is 0 Å². The van der Waals surface area contributed by atoms with Crippen molar-refractivity contribution in [1.29, 1.82) is 0 Å². The largest absolute Gasteiger partial charge is 0.236 e. The maximum absolute atomic E-state index is 10.6. The normalized spacial score (nSPS) is 33.5. The summed E-state index contributed by atoms with van der Waals surface area (Å²) >= 11 is 0. The van der Waals surface area contributed by atoms with Gasteiger partial charge in [0.1, 0.15) is 11.1 Å². The fraction of sp³-hybridized carbons (Fsp3) is 0.333. The first-order valence-corrected chi connectivity index (χ1v) is 7.03. The van der Waals surface area contributed by atoms with Crippen molar-refractivity contribution in [2.75, 3.05) is 0 Å². The summed E-state index contributed by atoms with van der Waals surface area (Å²) in [4.78, 5) is 28.8. The third kappa shape index (κ3) is 2.75. The maximum atomic E-state index is 10.6. The van der Waals surface area contributed by atoms with Crippen LogP contribution in [0.5, 0.6) is 0 Å². The number of hydrogen-bond acceptors (Lipinski definition) is 4. The van der Waals surface area contributed by atoms with E-state index in [0.717, 1.165) is 22.3 Å². The van der Waals surface area contributed by atoms with Gasteiger partial charge in [-0.1, -0.05) is 36.5 Å². The molecule has 2 unspecified atom stereocenters. The van der Waals surface area contributed by atoms with Gasteiger partial charge in [0.15, 0.2) is 0 Å². The van der Waals surface area contributed by atoms with Crippen LogP contribution in [0.25, 0.3) is 0 Å². The van der Waals surface area contributed by atoms with E-state index in [2.05, 4.69) is 9.98 Å². The average molecular weight is 294 g/mol. The zero-order valence-corrected chi connectivity index (χ0v) is 13.2. The number of aliphatic imine (C=N–C) groups is 2. The SMILES string of the molecule is CC1=C/C(=C2\C=CC(C)(N=C=O)C(C)=C2)C=CC1(C)N=C=O. The fourth-order valence-corrected chi connectivity index (χ4v) is 2.42. The van der Waals surface area contributed by atoms with Crippen LogP contribution in [-0.4, -0.2) is 23.2 Å². The Labute approximate surface area is 130 Å². The van der Waals surface area contributed by atoms with Crippen molar-refractivity contribution in [1.82, 2.24) is 0 Å². The molecule has 0 amide bonds. The minimum Gasteiger partial charge on any atom is -0.211 e. The molecule has 4 nitrogen and oxygen atoms in total. The lowest BCUT2D eigenvalue weighted by Crippen LogP contribution is -2.24. The summed E-state index contributed by atoms with van der Waals surface area (Å²) in [6.45, 7) is 7.62. The van der Waals surface area contributed by atoms with Crippen molar-refractivity contribution < 1.29 is 9.59 Å². The van der Waals surface area contributed by atoms with Crippen molar-refractivity contribution >= 4 is 12.2 Å². The van der Waals surface area contributed by atoms with E-state index in [9.17, 15) is 9.59 Å². The molecular weight excluding hydrogens is 276 g/mol. The highest BCUT2D eigenvalue weighted by Crippen LogP contribution is 2.34. The second-order valence-electron chi connectivity index (χ2n) is 5.93. The van der Waals surface area contributed by atoms with E-state index >= 15 is 0 Å². The molecule has 22 heavy (non-hydrogen) atoms. The number of hydrogen-bond donors (Lipinski definition) is 0. The van der Waals surface area contributed by atoms with Gasteiger partial charge in [0, 0.05) is 0 Å². The molecule has 0 N–H and O–H groups in total. The summed E-state index contributed by atoms with van der Waals surface area (Å²) in [6, 6.07) is 0. The predicted octanol–water partition coefficient (Wildman–Crippen LogP) is 3.50. The zero-order valence-electron chi connectivity index (χ0n) is 13.2. The molecule has 0 spiro atoms. The molecule has 0 aromatic rings. The highest BCUT2D eigenvalue weighted by Gasteiger charge is 2.28. The molecule has 2 rings (SSSR count). The minimum absolute atomic E-state index is 0.626. The van der Waals surface area contributed by atoms with Crippen molar-refractivity contribution in [3.05, 3.63) is 58.7 Å². The van der Waals surface area contributed by atoms with E-state index in [0.29, 0.717) is 0 Å². The lowest BCUT2D eigenvalue weighted by molar-refractivity contribution is 0.552. The third-order valence-electron chi connectivity index (χ3n) is 4.40. The quantitative estimate of drug-likeness (QED) is 0.578. The summed E-state index contributed by atoms with van der Waals surface area (Å²) in [5.74, 6) is 0. The molecule has 2 atom stereocenters. The molecule has 2 aliphatic rings. The molecule has 2 aliphatic carbocycles. The van der Waals surface area contributed by atoms with Crippen molar-refractivity contribution in [2.45, 2.75) is 38.8 Å². The molecule has 0 radical (unpaired) electrons. The summed E-state index contributed by atoms with van der Waals surface area (Å²) in [6.07, 6.45) is 15.0. The number of carbonyl (C=O) groups excluding carboxylic acids is 2. The van der Waals surface area contributed by atoms with Gasteiger partial charge in [0.25, 0.3) is 0 Å². The van der Waals surface area contributed by atoms with Crippen LogP contribution in [0, 0.1) is 0 Å². The average Bonchev–Trinajstić information content (AvgIpc) is 2.46. The number of allylic oxidation sites excluding steroid dienone is 6. The highest BCUT2D eigenvalue weighted by molar-refractivity contribution is 5.58. The first kappa shape index (κ1) is 15.8. The van der Waals surface area contributed by atoms with Gasteiger partial charge in [-0.25, -0.2) is 9.59 Å². The van der Waals surface area contributed by atoms with Crippen LogP contribution in [0.3, 0.4) is 0 Å². The van der Waals surface area contributed by atoms with E-state index in [1.807, 2.05) is 64.2 Å². The summed E-state index contributed by atoms with van der Waals surface area (Å²) < 4.78 is 0. The van der Waals surface area contributed by atoms with Gasteiger partial charge < -0.3 is 0 Å². The van der Waals surface area contributed by atoms with Gasteiger partial charge in [0.2, 0.25) is 12.2 Å². The highest BCUT2D eigenvalue weighted by atomic mass is 16.1. The molecule has 0 aromatic heterocycles. The third-order valence-corrected chi connectivity index (χ3v) is 4.40. The molecule has 0 fully saturated rings. The van der Waals surface area contributed by atoms with Crippen molar-refractivity contribution in [2.24, 2.45) is 9.98 Å². The van der Waals surface area contributed by atoms with Gasteiger partial charge >= 0.3 is 0 Å². The van der Waals surface area contributed by atoms with Crippen LogP contribution in [0.1, 0.15) is 27.7 Å². The second-order valence-corrected chi connectivity index (χ2v) is 5.93. The number of nitrogens with zero attached hydrogens (tertiary/aromatic N) is 2. The smallest absolute Gasteiger partial charge is 0.211 e. The molecule has 0 saturated carbocycles. The molecule has 4 heteroatoms. The Bertz CT molecular complexity index is 690. The predicted molar refractivity (Wildman–Crippen MR) is 85.9 cm³/mol. The Morgan fingerprint density at radius 3 is 1.45 bits per heavy atom. The number of isocyanates is 2. The Morgan fingerprint density at radius 1 is 0.818 bits per heavy atom. The lowest BCUT2D eigenvalue weighted by Gasteiger charge is -2.27. The molecule has 0 heterocycles. The lowest BCUT2D eigenvalue weighted by atomic mass is 9.82. The van der Waals surface area contributed by atoms with E-state index in [4.69, 9.17) is 0 Å². The van der Waals surface area contributed by atoms with Crippen LogP contribution >= 0.6 is 0 Å². The Kier molecular flexibility index (Phi) is 4.09. The van der Waals surface area contributed by atoms with E-state index < -0.39 is 11.1 Å². The van der Waals surface area contributed by atoms with E-state index in [1.54, 1.807) is 12.2 Å². The Morgan fingerprint density at radius 2 is 1.18 bits per heavy atom. The van der Waals surface area contributed by atoms with Gasteiger partial charge in [-0.2, -0.15) is 9.98 Å². The molecule has 0 bridgehead atoms.